The van der Waals surface area contributed by atoms with Crippen molar-refractivity contribution in [2.45, 2.75) is 39.5 Å². The van der Waals surface area contributed by atoms with E-state index in [1.165, 1.54) is 12.8 Å². The van der Waals surface area contributed by atoms with Crippen LogP contribution < -0.4 is 20.4 Å². The largest absolute Gasteiger partial charge is 0.372 e. The molecular formula is C39H49N9O2. The Labute approximate surface area is 296 Å². The summed E-state index contributed by atoms with van der Waals surface area (Å²) < 4.78 is 0. The number of piperazine rings is 2. The molecule has 3 heterocycles. The summed E-state index contributed by atoms with van der Waals surface area (Å²) in [6, 6.07) is 19.8. The van der Waals surface area contributed by atoms with Crippen molar-refractivity contribution in [3.8, 4) is 6.19 Å². The number of rotatable bonds is 8. The Morgan fingerprint density at radius 2 is 1.36 bits per heavy atom. The molecule has 11 nitrogen and oxygen atoms in total. The van der Waals surface area contributed by atoms with Crippen LogP contribution >= 0.6 is 0 Å². The number of nitrogens with zero attached hydrogens (tertiary/aromatic N) is 7. The summed E-state index contributed by atoms with van der Waals surface area (Å²) in [5.41, 5.74) is 7.15. The van der Waals surface area contributed by atoms with Gasteiger partial charge in [-0.3, -0.25) is 14.9 Å². The predicted molar refractivity (Wildman–Crippen MR) is 201 cm³/mol. The van der Waals surface area contributed by atoms with Gasteiger partial charge in [-0.1, -0.05) is 19.9 Å². The number of hydrogen-bond acceptors (Lipinski definition) is 7. The van der Waals surface area contributed by atoms with Crippen molar-refractivity contribution in [3.63, 3.8) is 0 Å². The first-order valence-corrected chi connectivity index (χ1v) is 18.0. The van der Waals surface area contributed by atoms with E-state index in [9.17, 15) is 14.9 Å². The summed E-state index contributed by atoms with van der Waals surface area (Å²) in [7, 11) is 2.09. The van der Waals surface area contributed by atoms with Gasteiger partial charge in [-0.25, -0.2) is 4.99 Å². The lowest BCUT2D eigenvalue weighted by atomic mass is 9.98. The minimum Gasteiger partial charge on any atom is -0.372 e. The van der Waals surface area contributed by atoms with E-state index in [1.54, 1.807) is 0 Å². The zero-order chi connectivity index (χ0) is 35.0. The Bertz CT molecular complexity index is 1700. The van der Waals surface area contributed by atoms with Crippen LogP contribution in [0.25, 0.3) is 0 Å². The molecule has 3 aromatic rings. The molecule has 3 saturated heterocycles. The van der Waals surface area contributed by atoms with Crippen LogP contribution in [0, 0.1) is 11.5 Å². The van der Waals surface area contributed by atoms with E-state index in [4.69, 9.17) is 4.99 Å². The van der Waals surface area contributed by atoms with E-state index < -0.39 is 0 Å². The summed E-state index contributed by atoms with van der Waals surface area (Å²) in [5, 5.41) is 15.6. The number of amides is 2. The standard InChI is InChI=1S/C39H49N9O2/c1-4-29-25-32(38(50)47-19-17-44(3)18-20-47)26-30(5-2)36(29)43-39(41-28-40)48-23-21-46(22-24-48)34-13-11-33(12-14-34)42-37(49)31-9-8-10-35(27-31)45-15-6-7-16-45/h8-14,25-27H,4-7,15-24H2,1-3H3,(H,41,43)(H,42,49). The van der Waals surface area contributed by atoms with Gasteiger partial charge in [0.05, 0.1) is 5.69 Å². The molecule has 2 amide bonds. The minimum atomic E-state index is -0.113. The van der Waals surface area contributed by atoms with Gasteiger partial charge in [-0.15, -0.1) is 0 Å². The van der Waals surface area contributed by atoms with Crippen LogP contribution in [0.1, 0.15) is 58.5 Å². The van der Waals surface area contributed by atoms with E-state index in [-0.39, 0.29) is 11.8 Å². The minimum absolute atomic E-state index is 0.0719. The molecule has 0 unspecified atom stereocenters. The van der Waals surface area contributed by atoms with E-state index in [0.717, 1.165) is 99.1 Å². The van der Waals surface area contributed by atoms with Crippen LogP contribution in [0.2, 0.25) is 0 Å². The smallest absolute Gasteiger partial charge is 0.255 e. The summed E-state index contributed by atoms with van der Waals surface area (Å²) in [4.78, 5) is 42.5. The van der Waals surface area contributed by atoms with Crippen LogP contribution in [0.3, 0.4) is 0 Å². The van der Waals surface area contributed by atoms with Gasteiger partial charge in [0.25, 0.3) is 11.8 Å². The Balaban J connectivity index is 1.10. The van der Waals surface area contributed by atoms with Gasteiger partial charge in [0, 0.05) is 93.6 Å². The maximum Gasteiger partial charge on any atom is 0.255 e. The quantitative estimate of drug-likeness (QED) is 0.150. The fraction of sp³-hybridized carbons (Fsp3) is 0.436. The number of carbonyl (C=O) groups excluding carboxylic acids is 2. The zero-order valence-corrected chi connectivity index (χ0v) is 29.6. The number of aryl methyl sites for hydroxylation is 2. The third-order valence-corrected chi connectivity index (χ3v) is 10.1. The Kier molecular flexibility index (Phi) is 11.2. The van der Waals surface area contributed by atoms with Gasteiger partial charge >= 0.3 is 0 Å². The van der Waals surface area contributed by atoms with Crippen LogP contribution in [0.15, 0.2) is 65.7 Å². The highest BCUT2D eigenvalue weighted by Gasteiger charge is 2.24. The van der Waals surface area contributed by atoms with E-state index in [2.05, 4.69) is 63.4 Å². The highest BCUT2D eigenvalue weighted by Crippen LogP contribution is 2.30. The lowest BCUT2D eigenvalue weighted by molar-refractivity contribution is 0.0663. The fourth-order valence-electron chi connectivity index (χ4n) is 7.05. The highest BCUT2D eigenvalue weighted by molar-refractivity contribution is 6.05. The number of benzene rings is 3. The molecule has 2 N–H and O–H groups in total. The Hall–Kier alpha value is -5.08. The normalized spacial score (nSPS) is 17.1. The van der Waals surface area contributed by atoms with Crippen molar-refractivity contribution in [1.29, 1.82) is 5.26 Å². The monoisotopic (exact) mass is 675 g/mol. The van der Waals surface area contributed by atoms with Crippen molar-refractivity contribution < 1.29 is 9.59 Å². The molecule has 3 fully saturated rings. The number of hydrogen-bond donors (Lipinski definition) is 2. The molecule has 0 atom stereocenters. The lowest BCUT2D eigenvalue weighted by Crippen LogP contribution is -2.51. The van der Waals surface area contributed by atoms with Crippen molar-refractivity contribution in [2.75, 3.05) is 87.6 Å². The second-order valence-electron chi connectivity index (χ2n) is 13.3. The van der Waals surface area contributed by atoms with Crippen molar-refractivity contribution in [2.24, 2.45) is 4.99 Å². The molecule has 3 aliphatic rings. The van der Waals surface area contributed by atoms with Gasteiger partial charge in [0.2, 0.25) is 5.96 Å². The van der Waals surface area contributed by atoms with Crippen LogP contribution in [-0.4, -0.2) is 105 Å². The number of aliphatic imine (C=N–C) groups is 1. The second kappa shape index (κ2) is 16.1. The maximum atomic E-state index is 13.4. The van der Waals surface area contributed by atoms with Gasteiger partial charge in [0.1, 0.15) is 0 Å². The zero-order valence-electron chi connectivity index (χ0n) is 29.6. The number of nitrogens with one attached hydrogen (secondary N) is 2. The summed E-state index contributed by atoms with van der Waals surface area (Å²) >= 11 is 0. The van der Waals surface area contributed by atoms with E-state index in [0.29, 0.717) is 30.2 Å². The molecule has 3 aromatic carbocycles. The fourth-order valence-corrected chi connectivity index (χ4v) is 7.05. The number of anilines is 3. The Morgan fingerprint density at radius 1 is 0.740 bits per heavy atom. The Morgan fingerprint density at radius 3 is 1.98 bits per heavy atom. The number of carbonyl (C=O) groups is 2. The third kappa shape index (κ3) is 8.03. The average molecular weight is 676 g/mol. The number of likely N-dealkylation sites (N-methyl/N-ethyl adjacent to an activating group) is 1. The number of nitriles is 1. The van der Waals surface area contributed by atoms with Crippen molar-refractivity contribution in [3.05, 3.63) is 82.9 Å². The van der Waals surface area contributed by atoms with Crippen LogP contribution in [0.4, 0.5) is 22.7 Å². The van der Waals surface area contributed by atoms with Crippen molar-refractivity contribution >= 4 is 40.5 Å². The molecule has 50 heavy (non-hydrogen) atoms. The summed E-state index contributed by atoms with van der Waals surface area (Å²) in [6.45, 7) is 12.3. The van der Waals surface area contributed by atoms with E-state index in [1.807, 2.05) is 59.5 Å². The molecule has 0 spiro atoms. The van der Waals surface area contributed by atoms with Crippen molar-refractivity contribution in [1.82, 2.24) is 20.0 Å². The van der Waals surface area contributed by atoms with Gasteiger partial charge < -0.3 is 29.8 Å². The molecule has 0 saturated carbocycles. The first-order chi connectivity index (χ1) is 24.4. The first-order valence-electron chi connectivity index (χ1n) is 18.0. The maximum absolute atomic E-state index is 13.4. The molecule has 6 rings (SSSR count). The molecule has 0 aliphatic carbocycles. The first kappa shape index (κ1) is 34.8. The molecule has 0 bridgehead atoms. The topological polar surface area (TPSA) is 111 Å². The van der Waals surface area contributed by atoms with Gasteiger partial charge in [0.15, 0.2) is 6.19 Å². The molecular weight excluding hydrogens is 626 g/mol. The second-order valence-corrected chi connectivity index (χ2v) is 13.3. The van der Waals surface area contributed by atoms with Crippen LogP contribution in [-0.2, 0) is 12.8 Å². The van der Waals surface area contributed by atoms with Gasteiger partial charge in [-0.2, -0.15) is 5.26 Å². The molecule has 11 heteroatoms. The molecule has 262 valence electrons. The molecule has 0 aromatic heterocycles. The SMILES string of the molecule is CCc1cc(C(=O)N2CCN(C)CC2)cc(CC)c1N=C(NC#N)N1CCN(c2ccc(NC(=O)c3cccc(N4CCCC4)c3)cc2)CC1. The molecule has 0 radical (unpaired) electrons. The summed E-state index contributed by atoms with van der Waals surface area (Å²) in [5.74, 6) is 0.488. The number of guanidine groups is 1. The van der Waals surface area contributed by atoms with Gasteiger partial charge in [-0.05, 0) is 98.5 Å². The predicted octanol–water partition coefficient (Wildman–Crippen LogP) is 4.93. The van der Waals surface area contributed by atoms with Crippen LogP contribution in [0.5, 0.6) is 0 Å². The third-order valence-electron chi connectivity index (χ3n) is 10.1. The average Bonchev–Trinajstić information content (AvgIpc) is 3.71. The highest BCUT2D eigenvalue weighted by atomic mass is 16.2. The lowest BCUT2D eigenvalue weighted by Gasteiger charge is -2.37. The van der Waals surface area contributed by atoms with E-state index >= 15 is 0 Å². The molecule has 3 aliphatic heterocycles. The summed E-state index contributed by atoms with van der Waals surface area (Å²) in [6.07, 6.45) is 5.93.